The van der Waals surface area contributed by atoms with Crippen molar-refractivity contribution in [1.82, 2.24) is 10.2 Å². The molecule has 3 aromatic carbocycles. The quantitative estimate of drug-likeness (QED) is 0.149. The average Bonchev–Trinajstić information content (AvgIpc) is 3.06. The first-order valence-corrected chi connectivity index (χ1v) is 14.8. The van der Waals surface area contributed by atoms with E-state index in [1.807, 2.05) is 30.3 Å². The molecule has 230 valence electrons. The highest BCUT2D eigenvalue weighted by Gasteiger charge is 2.55. The maximum atomic E-state index is 13.7. The molecule has 1 saturated carbocycles. The number of halogens is 1. The molecule has 1 aliphatic heterocycles. The summed E-state index contributed by atoms with van der Waals surface area (Å²) in [6.07, 6.45) is 4.59. The second-order valence-electron chi connectivity index (χ2n) is 11.0. The molecule has 0 aromatic heterocycles. The third-order valence-corrected chi connectivity index (χ3v) is 8.56. The normalized spacial score (nSPS) is 18.0. The van der Waals surface area contributed by atoms with Crippen molar-refractivity contribution in [2.45, 2.75) is 25.3 Å². The van der Waals surface area contributed by atoms with Crippen molar-refractivity contribution >= 4 is 52.7 Å². The van der Waals surface area contributed by atoms with Crippen LogP contribution < -0.4 is 5.32 Å². The Balaban J connectivity index is 1.43. The molecular formula is C33H29ClN4O7. The molecule has 1 unspecified atom stereocenters. The number of amides is 2. The largest absolute Gasteiger partial charge is 0.343 e. The maximum absolute atomic E-state index is 13.7. The number of ketones is 1. The molecule has 1 saturated heterocycles. The summed E-state index contributed by atoms with van der Waals surface area (Å²) in [5, 5.41) is 25.0. The number of rotatable bonds is 9. The second-order valence-corrected chi connectivity index (χ2v) is 11.3. The Bertz CT molecular complexity index is 1620. The van der Waals surface area contributed by atoms with Gasteiger partial charge in [0.15, 0.2) is 5.78 Å². The van der Waals surface area contributed by atoms with Gasteiger partial charge in [-0.3, -0.25) is 34.6 Å². The van der Waals surface area contributed by atoms with Crippen molar-refractivity contribution in [3.8, 4) is 0 Å². The molecule has 2 fully saturated rings. The number of piperidine rings is 1. The van der Waals surface area contributed by atoms with Crippen molar-refractivity contribution in [2.75, 3.05) is 19.0 Å². The first kappa shape index (κ1) is 31.3. The Labute approximate surface area is 263 Å². The average molecular weight is 629 g/mol. The van der Waals surface area contributed by atoms with Gasteiger partial charge in [-0.15, -0.1) is 11.6 Å². The number of alkyl halides is 1. The van der Waals surface area contributed by atoms with Crippen LogP contribution in [0.5, 0.6) is 0 Å². The van der Waals surface area contributed by atoms with Gasteiger partial charge in [0.1, 0.15) is 11.9 Å². The van der Waals surface area contributed by atoms with E-state index in [1.54, 1.807) is 41.3 Å². The number of nitrogens with zero attached hydrogens (tertiary/aromatic N) is 3. The van der Waals surface area contributed by atoms with Crippen LogP contribution in [0.3, 0.4) is 0 Å². The van der Waals surface area contributed by atoms with Crippen LogP contribution >= 0.6 is 11.6 Å². The van der Waals surface area contributed by atoms with Gasteiger partial charge in [-0.05, 0) is 65.9 Å². The molecule has 1 atom stereocenters. The van der Waals surface area contributed by atoms with Crippen LogP contribution in [0.1, 0.15) is 29.5 Å². The van der Waals surface area contributed by atoms with E-state index in [2.05, 4.69) is 5.32 Å². The summed E-state index contributed by atoms with van der Waals surface area (Å²) in [6, 6.07) is 20.3. The van der Waals surface area contributed by atoms with Gasteiger partial charge in [-0.2, -0.15) is 0 Å². The topological polar surface area (TPSA) is 153 Å². The zero-order chi connectivity index (χ0) is 32.1. The van der Waals surface area contributed by atoms with Gasteiger partial charge in [0, 0.05) is 60.3 Å². The summed E-state index contributed by atoms with van der Waals surface area (Å²) in [7, 11) is 0. The standard InChI is InChI=1S/C33H29ClN4O7/c34-21-30(39)35-29(20-22-4-2-1-3-5-22)32(41)36-16-14-33(15-17-36)27(18-23-6-10-25(11-7-23)37(42)43)31(40)28(33)19-24-8-12-26(13-9-24)38(44)45/h1-13,18-19,29H,14-17,20-21H2,(H,35,39)/b27-18-,28-19-. The smallest absolute Gasteiger partial charge is 0.269 e. The zero-order valence-electron chi connectivity index (χ0n) is 24.1. The number of nitro groups is 2. The first-order valence-electron chi connectivity index (χ1n) is 14.3. The third-order valence-electron chi connectivity index (χ3n) is 8.32. The number of allylic oxidation sites excluding steroid dienone is 2. The monoisotopic (exact) mass is 628 g/mol. The van der Waals surface area contributed by atoms with Crippen molar-refractivity contribution in [2.24, 2.45) is 5.41 Å². The molecule has 1 aliphatic carbocycles. The Hall–Kier alpha value is -5.16. The van der Waals surface area contributed by atoms with Gasteiger partial charge in [0.05, 0.1) is 9.85 Å². The number of hydrogen-bond acceptors (Lipinski definition) is 7. The second kappa shape index (κ2) is 13.2. The Morgan fingerprint density at radius 2 is 1.33 bits per heavy atom. The van der Waals surface area contributed by atoms with Crippen LogP contribution in [0.2, 0.25) is 0 Å². The Morgan fingerprint density at radius 3 is 1.78 bits per heavy atom. The maximum Gasteiger partial charge on any atom is 0.269 e. The van der Waals surface area contributed by atoms with Crippen LogP contribution in [0.25, 0.3) is 12.2 Å². The van der Waals surface area contributed by atoms with E-state index in [1.165, 1.54) is 24.3 Å². The molecule has 2 amide bonds. The number of hydrogen-bond donors (Lipinski definition) is 1. The van der Waals surface area contributed by atoms with E-state index in [0.717, 1.165) is 5.56 Å². The van der Waals surface area contributed by atoms with Crippen molar-refractivity contribution < 1.29 is 24.2 Å². The van der Waals surface area contributed by atoms with Gasteiger partial charge >= 0.3 is 0 Å². The van der Waals surface area contributed by atoms with Gasteiger partial charge < -0.3 is 10.2 Å². The highest BCUT2D eigenvalue weighted by Crippen LogP contribution is 2.56. The number of non-ortho nitro benzene ring substituents is 2. The summed E-state index contributed by atoms with van der Waals surface area (Å²) in [5.41, 5.74) is 2.37. The van der Waals surface area contributed by atoms with Gasteiger partial charge in [-0.1, -0.05) is 30.3 Å². The van der Waals surface area contributed by atoms with Gasteiger partial charge in [-0.25, -0.2) is 0 Å². The third kappa shape index (κ3) is 6.68. The molecule has 45 heavy (non-hydrogen) atoms. The van der Waals surface area contributed by atoms with Crippen LogP contribution in [-0.2, 0) is 20.8 Å². The van der Waals surface area contributed by atoms with E-state index in [0.29, 0.717) is 54.6 Å². The lowest BCUT2D eigenvalue weighted by Crippen LogP contribution is -2.56. The molecule has 1 heterocycles. The molecule has 0 radical (unpaired) electrons. The number of nitrogens with one attached hydrogen (secondary N) is 1. The minimum absolute atomic E-state index is 0.0660. The molecule has 3 aromatic rings. The van der Waals surface area contributed by atoms with Crippen LogP contribution in [0.15, 0.2) is 90.0 Å². The molecule has 11 nitrogen and oxygen atoms in total. The predicted octanol–water partition coefficient (Wildman–Crippen LogP) is 5.13. The number of benzene rings is 3. The lowest BCUT2D eigenvalue weighted by Gasteiger charge is -2.51. The van der Waals surface area contributed by atoms with Crippen molar-refractivity contribution in [3.05, 3.63) is 127 Å². The van der Waals surface area contributed by atoms with E-state index >= 15 is 0 Å². The fraction of sp³-hybridized carbons (Fsp3) is 0.242. The SMILES string of the molecule is O=C(CCl)NC(Cc1ccccc1)C(=O)N1CCC2(CC1)/C(=C\c1ccc([N+](=O)[O-])cc1)C(=O)/C2=C/c1ccc([N+](=O)[O-])cc1. The summed E-state index contributed by atoms with van der Waals surface area (Å²) in [5.74, 6) is -1.18. The summed E-state index contributed by atoms with van der Waals surface area (Å²) < 4.78 is 0. The Morgan fingerprint density at radius 1 is 0.844 bits per heavy atom. The highest BCUT2D eigenvalue weighted by atomic mass is 35.5. The number of Topliss-reactive ketones (excluding diaryl/α,β-unsaturated/α-hetero) is 1. The van der Waals surface area contributed by atoms with Crippen LogP contribution in [0, 0.1) is 25.6 Å². The number of carbonyl (C=O) groups is 3. The van der Waals surface area contributed by atoms with E-state index < -0.39 is 27.2 Å². The molecule has 2 aliphatic rings. The minimum Gasteiger partial charge on any atom is -0.343 e. The summed E-state index contributed by atoms with van der Waals surface area (Å²) >= 11 is 5.73. The highest BCUT2D eigenvalue weighted by molar-refractivity contribution is 6.27. The predicted molar refractivity (Wildman–Crippen MR) is 168 cm³/mol. The Kier molecular flexibility index (Phi) is 9.19. The number of carbonyl (C=O) groups excluding carboxylic acids is 3. The fourth-order valence-electron chi connectivity index (χ4n) is 5.94. The fourth-order valence-corrected chi connectivity index (χ4v) is 6.02. The lowest BCUT2D eigenvalue weighted by atomic mass is 9.54. The molecule has 12 heteroatoms. The van der Waals surface area contributed by atoms with Gasteiger partial charge in [0.2, 0.25) is 11.8 Å². The lowest BCUT2D eigenvalue weighted by molar-refractivity contribution is -0.385. The summed E-state index contributed by atoms with van der Waals surface area (Å²) in [6.45, 7) is 0.618. The van der Waals surface area contributed by atoms with E-state index in [4.69, 9.17) is 11.6 Å². The molecule has 1 N–H and O–H groups in total. The molecule has 0 bridgehead atoms. The van der Waals surface area contributed by atoms with E-state index in [9.17, 15) is 34.6 Å². The van der Waals surface area contributed by atoms with Crippen molar-refractivity contribution in [1.29, 1.82) is 0 Å². The molecule has 5 rings (SSSR count). The number of likely N-dealkylation sites (tertiary alicyclic amines) is 1. The molecule has 1 spiro atoms. The van der Waals surface area contributed by atoms with E-state index in [-0.39, 0.29) is 28.9 Å². The minimum atomic E-state index is -0.819. The molecular weight excluding hydrogens is 600 g/mol. The summed E-state index contributed by atoms with van der Waals surface area (Å²) in [4.78, 5) is 62.4. The number of nitro benzene ring substituents is 2. The van der Waals surface area contributed by atoms with Crippen LogP contribution in [-0.4, -0.2) is 57.4 Å². The zero-order valence-corrected chi connectivity index (χ0v) is 24.8. The van der Waals surface area contributed by atoms with Crippen LogP contribution in [0.4, 0.5) is 11.4 Å². The first-order chi connectivity index (χ1) is 21.6. The van der Waals surface area contributed by atoms with Gasteiger partial charge in [0.25, 0.3) is 11.4 Å². The van der Waals surface area contributed by atoms with Crippen molar-refractivity contribution in [3.63, 3.8) is 0 Å².